The maximum atomic E-state index is 6.08. The highest BCUT2D eigenvalue weighted by Gasteiger charge is 2.09. The van der Waals surface area contributed by atoms with E-state index in [4.69, 9.17) is 17.3 Å². The zero-order valence-corrected chi connectivity index (χ0v) is 13.2. The fraction of sp³-hybridized carbons (Fsp3) is 0.600. The molecule has 108 valence electrons. The van der Waals surface area contributed by atoms with Crippen LogP contribution < -0.4 is 5.73 Å². The summed E-state index contributed by atoms with van der Waals surface area (Å²) in [5, 5.41) is 0.648. The van der Waals surface area contributed by atoms with E-state index in [2.05, 4.69) is 43.8 Å². The number of nitrogens with two attached hydrogens (primary N) is 1. The van der Waals surface area contributed by atoms with Gasteiger partial charge in [0.25, 0.3) is 0 Å². The Morgan fingerprint density at radius 3 is 2.42 bits per heavy atom. The Hall–Kier alpha value is -0.770. The SMILES string of the molecule is CC(C)CN(CCN(C)C)Cc1ccc(N)c(Cl)c1. The number of benzene rings is 1. The van der Waals surface area contributed by atoms with Gasteiger partial charge in [-0.05, 0) is 37.7 Å². The van der Waals surface area contributed by atoms with E-state index in [0.717, 1.165) is 26.2 Å². The first-order valence-corrected chi connectivity index (χ1v) is 7.17. The summed E-state index contributed by atoms with van der Waals surface area (Å²) in [6, 6.07) is 5.92. The number of nitrogens with zero attached hydrogens (tertiary/aromatic N) is 2. The molecule has 0 radical (unpaired) electrons. The minimum atomic E-state index is 0.647. The lowest BCUT2D eigenvalue weighted by Crippen LogP contribution is -2.34. The van der Waals surface area contributed by atoms with Gasteiger partial charge in [0.15, 0.2) is 0 Å². The minimum Gasteiger partial charge on any atom is -0.398 e. The smallest absolute Gasteiger partial charge is 0.0638 e. The minimum absolute atomic E-state index is 0.647. The highest BCUT2D eigenvalue weighted by molar-refractivity contribution is 6.33. The third-order valence-corrected chi connectivity index (χ3v) is 3.29. The average Bonchev–Trinajstić information content (AvgIpc) is 2.30. The summed E-state index contributed by atoms with van der Waals surface area (Å²) in [6.45, 7) is 8.64. The molecule has 0 aliphatic heterocycles. The number of anilines is 1. The van der Waals surface area contributed by atoms with E-state index in [1.165, 1.54) is 5.56 Å². The molecule has 0 aliphatic carbocycles. The molecular weight excluding hydrogens is 258 g/mol. The quantitative estimate of drug-likeness (QED) is 0.781. The van der Waals surface area contributed by atoms with Gasteiger partial charge in [0, 0.05) is 26.2 Å². The zero-order chi connectivity index (χ0) is 14.4. The van der Waals surface area contributed by atoms with Crippen molar-refractivity contribution in [2.75, 3.05) is 39.5 Å². The molecule has 3 nitrogen and oxygen atoms in total. The van der Waals surface area contributed by atoms with E-state index >= 15 is 0 Å². The van der Waals surface area contributed by atoms with Gasteiger partial charge in [0.2, 0.25) is 0 Å². The predicted molar refractivity (Wildman–Crippen MR) is 84.5 cm³/mol. The number of rotatable bonds is 7. The number of likely N-dealkylation sites (N-methyl/N-ethyl adjacent to an activating group) is 1. The molecule has 0 bridgehead atoms. The predicted octanol–water partition coefficient (Wildman–Crippen LogP) is 2.94. The molecule has 1 aromatic carbocycles. The molecule has 4 heteroatoms. The Morgan fingerprint density at radius 1 is 1.21 bits per heavy atom. The Balaban J connectivity index is 2.66. The van der Waals surface area contributed by atoms with Gasteiger partial charge in [0.05, 0.1) is 10.7 Å². The van der Waals surface area contributed by atoms with Crippen molar-refractivity contribution in [1.82, 2.24) is 9.80 Å². The van der Waals surface area contributed by atoms with E-state index in [9.17, 15) is 0 Å². The van der Waals surface area contributed by atoms with Crippen molar-refractivity contribution in [2.45, 2.75) is 20.4 Å². The lowest BCUT2D eigenvalue weighted by atomic mass is 10.1. The van der Waals surface area contributed by atoms with Gasteiger partial charge in [-0.3, -0.25) is 4.90 Å². The Labute approximate surface area is 122 Å². The second kappa shape index (κ2) is 7.73. The van der Waals surface area contributed by atoms with E-state index in [1.807, 2.05) is 12.1 Å². The van der Waals surface area contributed by atoms with Crippen molar-refractivity contribution in [2.24, 2.45) is 5.92 Å². The van der Waals surface area contributed by atoms with Gasteiger partial charge < -0.3 is 10.6 Å². The second-order valence-electron chi connectivity index (χ2n) is 5.79. The second-order valence-corrected chi connectivity index (χ2v) is 6.20. The van der Waals surface area contributed by atoms with Crippen LogP contribution in [0, 0.1) is 5.92 Å². The van der Waals surface area contributed by atoms with Crippen molar-refractivity contribution >= 4 is 17.3 Å². The first-order chi connectivity index (χ1) is 8.88. The van der Waals surface area contributed by atoms with E-state index < -0.39 is 0 Å². The summed E-state index contributed by atoms with van der Waals surface area (Å²) in [6.07, 6.45) is 0. The topological polar surface area (TPSA) is 32.5 Å². The highest BCUT2D eigenvalue weighted by atomic mass is 35.5. The van der Waals surface area contributed by atoms with Crippen LogP contribution in [0.15, 0.2) is 18.2 Å². The largest absolute Gasteiger partial charge is 0.398 e. The fourth-order valence-electron chi connectivity index (χ4n) is 2.02. The maximum absolute atomic E-state index is 6.08. The van der Waals surface area contributed by atoms with Crippen LogP contribution in [0.1, 0.15) is 19.4 Å². The van der Waals surface area contributed by atoms with Crippen LogP contribution in [0.5, 0.6) is 0 Å². The third-order valence-electron chi connectivity index (χ3n) is 2.96. The molecule has 2 N–H and O–H groups in total. The van der Waals surface area contributed by atoms with Crippen molar-refractivity contribution in [1.29, 1.82) is 0 Å². The summed E-state index contributed by atoms with van der Waals surface area (Å²) < 4.78 is 0. The normalized spacial score (nSPS) is 11.8. The van der Waals surface area contributed by atoms with E-state index in [-0.39, 0.29) is 0 Å². The fourth-order valence-corrected chi connectivity index (χ4v) is 2.22. The van der Waals surface area contributed by atoms with Crippen molar-refractivity contribution in [3.8, 4) is 0 Å². The van der Waals surface area contributed by atoms with E-state index in [1.54, 1.807) is 0 Å². The van der Waals surface area contributed by atoms with Gasteiger partial charge in [0.1, 0.15) is 0 Å². The lowest BCUT2D eigenvalue weighted by Gasteiger charge is -2.26. The average molecular weight is 284 g/mol. The molecule has 0 aromatic heterocycles. The van der Waals surface area contributed by atoms with Crippen molar-refractivity contribution in [3.63, 3.8) is 0 Å². The monoisotopic (exact) mass is 283 g/mol. The summed E-state index contributed by atoms with van der Waals surface area (Å²) in [5.41, 5.74) is 7.61. The summed E-state index contributed by atoms with van der Waals surface area (Å²) >= 11 is 6.08. The molecule has 0 fully saturated rings. The Kier molecular flexibility index (Phi) is 6.63. The first kappa shape index (κ1) is 16.3. The van der Waals surface area contributed by atoms with Crippen LogP contribution in [0.2, 0.25) is 5.02 Å². The van der Waals surface area contributed by atoms with Crippen LogP contribution in [-0.4, -0.2) is 43.5 Å². The molecule has 0 amide bonds. The molecule has 0 saturated carbocycles. The van der Waals surface area contributed by atoms with Gasteiger partial charge in [-0.15, -0.1) is 0 Å². The van der Waals surface area contributed by atoms with Crippen LogP contribution in [-0.2, 0) is 6.54 Å². The molecule has 0 heterocycles. The molecule has 0 saturated heterocycles. The van der Waals surface area contributed by atoms with Crippen LogP contribution in [0.3, 0.4) is 0 Å². The van der Waals surface area contributed by atoms with Crippen molar-refractivity contribution in [3.05, 3.63) is 28.8 Å². The molecule has 1 aromatic rings. The lowest BCUT2D eigenvalue weighted by molar-refractivity contribution is 0.212. The Bertz CT molecular complexity index is 391. The van der Waals surface area contributed by atoms with Crippen LogP contribution >= 0.6 is 11.6 Å². The standard InChI is InChI=1S/C15H26ClN3/c1-12(2)10-19(8-7-18(3)4)11-13-5-6-15(17)14(16)9-13/h5-6,9,12H,7-8,10-11,17H2,1-4H3. The number of hydrogen-bond acceptors (Lipinski definition) is 3. The zero-order valence-electron chi connectivity index (χ0n) is 12.5. The molecular formula is C15H26ClN3. The molecule has 1 rings (SSSR count). The van der Waals surface area contributed by atoms with Crippen LogP contribution in [0.4, 0.5) is 5.69 Å². The van der Waals surface area contributed by atoms with Gasteiger partial charge in [-0.25, -0.2) is 0 Å². The van der Waals surface area contributed by atoms with Crippen LogP contribution in [0.25, 0.3) is 0 Å². The molecule has 0 spiro atoms. The number of nitrogen functional groups attached to an aromatic ring is 1. The third kappa shape index (κ3) is 6.28. The van der Waals surface area contributed by atoms with E-state index in [0.29, 0.717) is 16.6 Å². The Morgan fingerprint density at radius 2 is 1.89 bits per heavy atom. The molecule has 0 unspecified atom stereocenters. The molecule has 0 aliphatic rings. The number of hydrogen-bond donors (Lipinski definition) is 1. The summed E-state index contributed by atoms with van der Waals surface area (Å²) in [4.78, 5) is 4.68. The van der Waals surface area contributed by atoms with Crippen molar-refractivity contribution < 1.29 is 0 Å². The summed E-state index contributed by atoms with van der Waals surface area (Å²) in [7, 11) is 4.21. The van der Waals surface area contributed by atoms with Gasteiger partial charge >= 0.3 is 0 Å². The molecule has 19 heavy (non-hydrogen) atoms. The maximum Gasteiger partial charge on any atom is 0.0638 e. The number of halogens is 1. The van der Waals surface area contributed by atoms with Gasteiger partial charge in [-0.1, -0.05) is 31.5 Å². The summed E-state index contributed by atoms with van der Waals surface area (Å²) in [5.74, 6) is 0.659. The highest BCUT2D eigenvalue weighted by Crippen LogP contribution is 2.20. The first-order valence-electron chi connectivity index (χ1n) is 6.79. The molecule has 0 atom stereocenters. The van der Waals surface area contributed by atoms with Gasteiger partial charge in [-0.2, -0.15) is 0 Å².